The molecule has 1 aliphatic carbocycles. The standard InChI is InChI=1S/C18H9N3O4S/c22-17(12-7-8-13(25-12)21(23)24)20-18-19-15-10-5-1-3-9-4-2-6-11(14(9)10)16(15)26-18/h1-8H,(H,19,20,22). The molecule has 1 amide bonds. The fourth-order valence-electron chi connectivity index (χ4n) is 3.17. The highest BCUT2D eigenvalue weighted by molar-refractivity contribution is 7.20. The highest BCUT2D eigenvalue weighted by Gasteiger charge is 2.26. The molecule has 2 aromatic heterocycles. The third kappa shape index (κ3) is 2.06. The molecule has 26 heavy (non-hydrogen) atoms. The number of fused-ring (bicyclic) bond motifs is 3. The molecule has 126 valence electrons. The van der Waals surface area contributed by atoms with Gasteiger partial charge in [0.2, 0.25) is 0 Å². The highest BCUT2D eigenvalue weighted by Crippen LogP contribution is 2.50. The number of anilines is 1. The van der Waals surface area contributed by atoms with E-state index in [1.807, 2.05) is 24.3 Å². The van der Waals surface area contributed by atoms with E-state index >= 15 is 0 Å². The van der Waals surface area contributed by atoms with Gasteiger partial charge in [0, 0.05) is 11.1 Å². The summed E-state index contributed by atoms with van der Waals surface area (Å²) in [7, 11) is 0. The van der Waals surface area contributed by atoms with Gasteiger partial charge in [-0.3, -0.25) is 20.2 Å². The molecule has 0 atom stereocenters. The van der Waals surface area contributed by atoms with Crippen LogP contribution in [0.4, 0.5) is 11.0 Å². The van der Waals surface area contributed by atoms with Crippen molar-refractivity contribution in [3.05, 3.63) is 64.4 Å². The first-order valence-electron chi connectivity index (χ1n) is 7.71. The number of nitrogens with one attached hydrogen (secondary N) is 1. The van der Waals surface area contributed by atoms with Gasteiger partial charge in [-0.15, -0.1) is 0 Å². The molecule has 0 saturated heterocycles. The van der Waals surface area contributed by atoms with E-state index in [-0.39, 0.29) is 5.76 Å². The van der Waals surface area contributed by atoms with Crippen LogP contribution in [-0.4, -0.2) is 15.8 Å². The van der Waals surface area contributed by atoms with Crippen molar-refractivity contribution in [2.45, 2.75) is 0 Å². The number of carbonyl (C=O) groups is 1. The van der Waals surface area contributed by atoms with Crippen LogP contribution in [0, 0.1) is 10.1 Å². The molecule has 0 radical (unpaired) electrons. The van der Waals surface area contributed by atoms with E-state index in [2.05, 4.69) is 22.4 Å². The van der Waals surface area contributed by atoms with Crippen LogP contribution in [0.25, 0.3) is 32.5 Å². The predicted octanol–water partition coefficient (Wildman–Crippen LogP) is 4.70. The minimum absolute atomic E-state index is 0.130. The lowest BCUT2D eigenvalue weighted by Crippen LogP contribution is -2.10. The number of benzene rings is 2. The van der Waals surface area contributed by atoms with Crippen molar-refractivity contribution in [3.63, 3.8) is 0 Å². The van der Waals surface area contributed by atoms with Crippen LogP contribution in [0.5, 0.6) is 0 Å². The summed E-state index contributed by atoms with van der Waals surface area (Å²) in [5.74, 6) is -1.18. The van der Waals surface area contributed by atoms with E-state index in [4.69, 9.17) is 4.42 Å². The number of amides is 1. The van der Waals surface area contributed by atoms with Crippen molar-refractivity contribution in [1.82, 2.24) is 4.98 Å². The van der Waals surface area contributed by atoms with Crippen molar-refractivity contribution < 1.29 is 14.1 Å². The van der Waals surface area contributed by atoms with Crippen LogP contribution >= 0.6 is 11.3 Å². The van der Waals surface area contributed by atoms with Crippen LogP contribution in [0.2, 0.25) is 0 Å². The smallest absolute Gasteiger partial charge is 0.395 e. The van der Waals surface area contributed by atoms with Gasteiger partial charge in [-0.25, -0.2) is 4.98 Å². The molecular weight excluding hydrogens is 354 g/mol. The summed E-state index contributed by atoms with van der Waals surface area (Å²) in [4.78, 5) is 27.8. The molecule has 0 unspecified atom stereocenters. The Morgan fingerprint density at radius 2 is 1.88 bits per heavy atom. The van der Waals surface area contributed by atoms with Crippen molar-refractivity contribution in [1.29, 1.82) is 0 Å². The van der Waals surface area contributed by atoms with E-state index in [1.54, 1.807) is 0 Å². The summed E-state index contributed by atoms with van der Waals surface area (Å²) in [5, 5.41) is 16.1. The molecule has 2 heterocycles. The summed E-state index contributed by atoms with van der Waals surface area (Å²) in [6.45, 7) is 0. The highest BCUT2D eigenvalue weighted by atomic mass is 32.1. The fourth-order valence-corrected chi connectivity index (χ4v) is 4.18. The number of rotatable bonds is 3. The Labute approximate surface area is 150 Å². The lowest BCUT2D eigenvalue weighted by Gasteiger charge is -2.02. The second-order valence-corrected chi connectivity index (χ2v) is 6.75. The Kier molecular flexibility index (Phi) is 2.98. The minimum atomic E-state index is -0.688. The lowest BCUT2D eigenvalue weighted by molar-refractivity contribution is -0.402. The molecular formula is C18H9N3O4S. The molecule has 8 heteroatoms. The first-order valence-corrected chi connectivity index (χ1v) is 8.52. The van der Waals surface area contributed by atoms with Gasteiger partial charge >= 0.3 is 5.88 Å². The van der Waals surface area contributed by atoms with Crippen LogP contribution in [0.1, 0.15) is 10.6 Å². The van der Waals surface area contributed by atoms with Crippen molar-refractivity contribution in [2.24, 2.45) is 0 Å². The molecule has 0 spiro atoms. The largest absolute Gasteiger partial charge is 0.433 e. The van der Waals surface area contributed by atoms with Crippen LogP contribution in [0.15, 0.2) is 52.9 Å². The molecule has 7 nitrogen and oxygen atoms in total. The number of aromatic nitrogens is 1. The van der Waals surface area contributed by atoms with Gasteiger partial charge in [-0.2, -0.15) is 0 Å². The average Bonchev–Trinajstić information content (AvgIpc) is 3.33. The Balaban J connectivity index is 1.50. The lowest BCUT2D eigenvalue weighted by atomic mass is 10.0. The third-order valence-corrected chi connectivity index (χ3v) is 5.25. The summed E-state index contributed by atoms with van der Waals surface area (Å²) >= 11 is 1.37. The number of hydrogen-bond acceptors (Lipinski definition) is 6. The first kappa shape index (κ1) is 14.8. The van der Waals surface area contributed by atoms with Crippen LogP contribution in [-0.2, 0) is 0 Å². The topological polar surface area (TPSA) is 98.3 Å². The Hall–Kier alpha value is -3.52. The van der Waals surface area contributed by atoms with E-state index in [1.165, 1.54) is 22.8 Å². The number of carbonyl (C=O) groups excluding carboxylic acids is 1. The Bertz CT molecular complexity index is 1170. The summed E-state index contributed by atoms with van der Waals surface area (Å²) < 4.78 is 4.93. The Morgan fingerprint density at radius 3 is 2.62 bits per heavy atom. The summed E-state index contributed by atoms with van der Waals surface area (Å²) in [6, 6.07) is 14.6. The van der Waals surface area contributed by atoms with Crippen molar-refractivity contribution in [2.75, 3.05) is 5.32 Å². The zero-order valence-electron chi connectivity index (χ0n) is 13.1. The van der Waals surface area contributed by atoms with Gasteiger partial charge in [0.05, 0.1) is 16.6 Å². The molecule has 0 aliphatic heterocycles. The number of nitrogens with zero attached hydrogens (tertiary/aromatic N) is 2. The van der Waals surface area contributed by atoms with Gasteiger partial charge in [0.15, 0.2) is 10.9 Å². The van der Waals surface area contributed by atoms with Crippen molar-refractivity contribution >= 4 is 39.0 Å². The van der Waals surface area contributed by atoms with Crippen LogP contribution in [0.3, 0.4) is 0 Å². The third-order valence-electron chi connectivity index (χ3n) is 4.25. The average molecular weight is 363 g/mol. The molecule has 1 aliphatic rings. The maximum Gasteiger partial charge on any atom is 0.433 e. The van der Waals surface area contributed by atoms with E-state index in [9.17, 15) is 14.9 Å². The molecule has 2 aromatic carbocycles. The van der Waals surface area contributed by atoms with E-state index in [0.29, 0.717) is 5.13 Å². The maximum absolute atomic E-state index is 12.3. The molecule has 4 aromatic rings. The minimum Gasteiger partial charge on any atom is -0.395 e. The molecule has 0 saturated carbocycles. The number of furan rings is 1. The van der Waals surface area contributed by atoms with Gasteiger partial charge in [-0.05, 0) is 16.8 Å². The zero-order chi connectivity index (χ0) is 17.8. The van der Waals surface area contributed by atoms with Crippen LogP contribution < -0.4 is 5.32 Å². The number of thiazole rings is 1. The molecule has 0 bridgehead atoms. The molecule has 1 N–H and O–H groups in total. The van der Waals surface area contributed by atoms with Gasteiger partial charge in [0.1, 0.15) is 4.92 Å². The monoisotopic (exact) mass is 363 g/mol. The van der Waals surface area contributed by atoms with Crippen molar-refractivity contribution in [3.8, 4) is 21.7 Å². The molecule has 0 fully saturated rings. The first-order chi connectivity index (χ1) is 12.6. The van der Waals surface area contributed by atoms with E-state index < -0.39 is 16.7 Å². The van der Waals surface area contributed by atoms with Gasteiger partial charge in [-0.1, -0.05) is 47.7 Å². The fraction of sp³-hybridized carbons (Fsp3) is 0. The Morgan fingerprint density at radius 1 is 1.12 bits per heavy atom. The maximum atomic E-state index is 12.3. The van der Waals surface area contributed by atoms with E-state index in [0.717, 1.165) is 33.2 Å². The van der Waals surface area contributed by atoms with Gasteiger partial charge in [0.25, 0.3) is 5.91 Å². The summed E-state index contributed by atoms with van der Waals surface area (Å²) in [6.07, 6.45) is 0. The zero-order valence-corrected chi connectivity index (χ0v) is 13.9. The quantitative estimate of drug-likeness (QED) is 0.370. The number of hydrogen-bond donors (Lipinski definition) is 1. The number of nitro groups is 1. The normalized spacial score (nSPS) is 11.5. The van der Waals surface area contributed by atoms with Gasteiger partial charge < -0.3 is 4.42 Å². The second kappa shape index (κ2) is 5.24. The molecule has 5 rings (SSSR count). The SMILES string of the molecule is O=C(Nc1nc2c(s1)-c1cccc3cccc-2c13)c1ccc([N+](=O)[O-])o1. The predicted molar refractivity (Wildman–Crippen MR) is 97.4 cm³/mol. The second-order valence-electron chi connectivity index (χ2n) is 5.76. The summed E-state index contributed by atoms with van der Waals surface area (Å²) in [5.41, 5.74) is 2.97.